The van der Waals surface area contributed by atoms with Gasteiger partial charge in [-0.05, 0) is 37.6 Å². The Morgan fingerprint density at radius 2 is 2.33 bits per heavy atom. The normalized spacial score (nSPS) is 20.2. The molecule has 2 rings (SSSR count). The van der Waals surface area contributed by atoms with E-state index in [4.69, 9.17) is 4.74 Å². The Morgan fingerprint density at radius 3 is 3.07 bits per heavy atom. The van der Waals surface area contributed by atoms with E-state index in [1.165, 1.54) is 6.42 Å². The monoisotopic (exact) mass is 206 g/mol. The van der Waals surface area contributed by atoms with E-state index in [-0.39, 0.29) is 0 Å². The summed E-state index contributed by atoms with van der Waals surface area (Å²) >= 11 is 0. The van der Waals surface area contributed by atoms with Gasteiger partial charge in [-0.15, -0.1) is 0 Å². The Kier molecular flexibility index (Phi) is 3.45. The van der Waals surface area contributed by atoms with Crippen molar-refractivity contribution in [1.29, 1.82) is 0 Å². The maximum absolute atomic E-state index is 5.28. The molecule has 0 aliphatic carbocycles. The van der Waals surface area contributed by atoms with Crippen molar-refractivity contribution < 1.29 is 4.74 Å². The van der Waals surface area contributed by atoms with Crippen molar-refractivity contribution in [3.8, 4) is 5.75 Å². The molecule has 0 amide bonds. The predicted octanol–water partition coefficient (Wildman–Crippen LogP) is 1.72. The summed E-state index contributed by atoms with van der Waals surface area (Å²) in [6, 6.07) is 8.05. The largest absolute Gasteiger partial charge is 0.495 e. The second-order valence-electron chi connectivity index (χ2n) is 3.94. The number of nitrogens with one attached hydrogen (secondary N) is 2. The lowest BCUT2D eigenvalue weighted by Crippen LogP contribution is -2.17. The number of hydrogen-bond donors (Lipinski definition) is 2. The van der Waals surface area contributed by atoms with Gasteiger partial charge in [-0.1, -0.05) is 12.1 Å². The van der Waals surface area contributed by atoms with Crippen molar-refractivity contribution in [2.75, 3.05) is 32.1 Å². The summed E-state index contributed by atoms with van der Waals surface area (Å²) in [5.74, 6) is 1.67. The topological polar surface area (TPSA) is 33.3 Å². The smallest absolute Gasteiger partial charge is 0.141 e. The minimum atomic E-state index is 0.745. The van der Waals surface area contributed by atoms with Gasteiger partial charge >= 0.3 is 0 Å². The first kappa shape index (κ1) is 10.3. The van der Waals surface area contributed by atoms with Gasteiger partial charge < -0.3 is 15.4 Å². The molecule has 1 saturated heterocycles. The van der Waals surface area contributed by atoms with E-state index in [1.54, 1.807) is 7.11 Å². The quantitative estimate of drug-likeness (QED) is 0.787. The Bertz CT molecular complexity index is 308. The number of hydrogen-bond acceptors (Lipinski definition) is 3. The summed E-state index contributed by atoms with van der Waals surface area (Å²) < 4.78 is 5.28. The van der Waals surface area contributed by atoms with E-state index in [1.807, 2.05) is 18.2 Å². The van der Waals surface area contributed by atoms with Crippen molar-refractivity contribution in [3.63, 3.8) is 0 Å². The van der Waals surface area contributed by atoms with Crippen LogP contribution in [0.5, 0.6) is 5.75 Å². The van der Waals surface area contributed by atoms with Crippen LogP contribution in [0.15, 0.2) is 24.3 Å². The van der Waals surface area contributed by atoms with Gasteiger partial charge in [0.2, 0.25) is 0 Å². The summed E-state index contributed by atoms with van der Waals surface area (Å²) in [5.41, 5.74) is 1.09. The van der Waals surface area contributed by atoms with Crippen LogP contribution in [-0.2, 0) is 0 Å². The third-order valence-electron chi connectivity index (χ3n) is 2.85. The molecule has 1 heterocycles. The van der Waals surface area contributed by atoms with Gasteiger partial charge in [-0.3, -0.25) is 0 Å². The summed E-state index contributed by atoms with van der Waals surface area (Å²) in [6.45, 7) is 3.30. The fourth-order valence-corrected chi connectivity index (χ4v) is 1.93. The molecule has 2 N–H and O–H groups in total. The standard InChI is InChI=1S/C12H18N2O/c1-15-12-5-3-2-4-11(12)14-9-10-6-7-13-8-10/h2-5,10,13-14H,6-9H2,1H3. The van der Waals surface area contributed by atoms with Crippen LogP contribution < -0.4 is 15.4 Å². The lowest BCUT2D eigenvalue weighted by atomic mass is 10.1. The average molecular weight is 206 g/mol. The number of anilines is 1. The Balaban J connectivity index is 1.91. The fraction of sp³-hybridized carbons (Fsp3) is 0.500. The van der Waals surface area contributed by atoms with E-state index in [9.17, 15) is 0 Å². The SMILES string of the molecule is COc1ccccc1NCC1CCNC1. The maximum Gasteiger partial charge on any atom is 0.141 e. The van der Waals surface area contributed by atoms with Crippen LogP contribution in [0.3, 0.4) is 0 Å². The molecule has 1 aromatic carbocycles. The minimum Gasteiger partial charge on any atom is -0.495 e. The van der Waals surface area contributed by atoms with E-state index in [2.05, 4.69) is 16.7 Å². The number of benzene rings is 1. The zero-order valence-corrected chi connectivity index (χ0v) is 9.12. The Hall–Kier alpha value is -1.22. The third-order valence-corrected chi connectivity index (χ3v) is 2.85. The molecular weight excluding hydrogens is 188 g/mol. The lowest BCUT2D eigenvalue weighted by molar-refractivity contribution is 0.416. The Labute approximate surface area is 90.8 Å². The molecule has 0 radical (unpaired) electrons. The van der Waals surface area contributed by atoms with Crippen LogP contribution >= 0.6 is 0 Å². The first-order valence-corrected chi connectivity index (χ1v) is 5.48. The highest BCUT2D eigenvalue weighted by molar-refractivity contribution is 5.56. The van der Waals surface area contributed by atoms with E-state index < -0.39 is 0 Å². The first-order chi connectivity index (χ1) is 7.40. The highest BCUT2D eigenvalue weighted by Crippen LogP contribution is 2.23. The van der Waals surface area contributed by atoms with Crippen LogP contribution in [0.25, 0.3) is 0 Å². The van der Waals surface area contributed by atoms with Crippen molar-refractivity contribution in [2.24, 2.45) is 5.92 Å². The molecule has 1 fully saturated rings. The van der Waals surface area contributed by atoms with Crippen LogP contribution in [0.4, 0.5) is 5.69 Å². The number of para-hydroxylation sites is 2. The van der Waals surface area contributed by atoms with Gasteiger partial charge in [0.25, 0.3) is 0 Å². The van der Waals surface area contributed by atoms with Crippen LogP contribution in [0, 0.1) is 5.92 Å². The third kappa shape index (κ3) is 2.63. The highest BCUT2D eigenvalue weighted by Gasteiger charge is 2.14. The van der Waals surface area contributed by atoms with E-state index in [0.29, 0.717) is 0 Å². The van der Waals surface area contributed by atoms with Crippen LogP contribution in [-0.4, -0.2) is 26.7 Å². The second kappa shape index (κ2) is 5.03. The molecule has 3 nitrogen and oxygen atoms in total. The fourth-order valence-electron chi connectivity index (χ4n) is 1.93. The van der Waals surface area contributed by atoms with Gasteiger partial charge in [0.15, 0.2) is 0 Å². The maximum atomic E-state index is 5.28. The molecule has 1 aliphatic rings. The summed E-state index contributed by atoms with van der Waals surface area (Å²) in [6.07, 6.45) is 1.27. The highest BCUT2D eigenvalue weighted by atomic mass is 16.5. The van der Waals surface area contributed by atoms with Gasteiger partial charge in [0.1, 0.15) is 5.75 Å². The molecule has 3 heteroatoms. The van der Waals surface area contributed by atoms with Gasteiger partial charge in [0.05, 0.1) is 12.8 Å². The second-order valence-corrected chi connectivity index (χ2v) is 3.94. The van der Waals surface area contributed by atoms with E-state index in [0.717, 1.165) is 37.0 Å². The summed E-state index contributed by atoms with van der Waals surface area (Å²) in [7, 11) is 1.71. The summed E-state index contributed by atoms with van der Waals surface area (Å²) in [5, 5.41) is 6.81. The van der Waals surface area contributed by atoms with Gasteiger partial charge in [-0.25, -0.2) is 0 Å². The molecule has 0 spiro atoms. The lowest BCUT2D eigenvalue weighted by Gasteiger charge is -2.13. The number of ether oxygens (including phenoxy) is 1. The molecule has 0 bridgehead atoms. The van der Waals surface area contributed by atoms with Crippen molar-refractivity contribution >= 4 is 5.69 Å². The predicted molar refractivity (Wildman–Crippen MR) is 62.5 cm³/mol. The molecule has 1 aliphatic heterocycles. The molecule has 1 unspecified atom stereocenters. The van der Waals surface area contributed by atoms with E-state index >= 15 is 0 Å². The van der Waals surface area contributed by atoms with Gasteiger partial charge in [-0.2, -0.15) is 0 Å². The average Bonchev–Trinajstić information content (AvgIpc) is 2.79. The molecule has 0 aromatic heterocycles. The Morgan fingerprint density at radius 1 is 1.47 bits per heavy atom. The van der Waals surface area contributed by atoms with Crippen molar-refractivity contribution in [1.82, 2.24) is 5.32 Å². The molecule has 82 valence electrons. The first-order valence-electron chi connectivity index (χ1n) is 5.48. The van der Waals surface area contributed by atoms with Crippen LogP contribution in [0.2, 0.25) is 0 Å². The number of methoxy groups -OCH3 is 1. The zero-order valence-electron chi connectivity index (χ0n) is 9.12. The molecule has 1 atom stereocenters. The molecular formula is C12H18N2O. The molecule has 15 heavy (non-hydrogen) atoms. The minimum absolute atomic E-state index is 0.745. The van der Waals surface area contributed by atoms with Gasteiger partial charge in [0, 0.05) is 6.54 Å². The number of rotatable bonds is 4. The van der Waals surface area contributed by atoms with Crippen molar-refractivity contribution in [2.45, 2.75) is 6.42 Å². The van der Waals surface area contributed by atoms with Crippen molar-refractivity contribution in [3.05, 3.63) is 24.3 Å². The summed E-state index contributed by atoms with van der Waals surface area (Å²) in [4.78, 5) is 0. The molecule has 1 aromatic rings. The molecule has 0 saturated carbocycles. The van der Waals surface area contributed by atoms with Crippen LogP contribution in [0.1, 0.15) is 6.42 Å². The zero-order chi connectivity index (χ0) is 10.5.